The van der Waals surface area contributed by atoms with Crippen LogP contribution in [0.5, 0.6) is 0 Å². The second-order valence-corrected chi connectivity index (χ2v) is 6.68. The maximum Gasteiger partial charge on any atom is 0.232 e. The van der Waals surface area contributed by atoms with E-state index in [4.69, 9.17) is 26.6 Å². The summed E-state index contributed by atoms with van der Waals surface area (Å²) in [6, 6.07) is 4.22. The second-order valence-electron chi connectivity index (χ2n) is 6.27. The number of aromatic nitrogens is 2. The van der Waals surface area contributed by atoms with Crippen molar-refractivity contribution in [2.75, 3.05) is 20.2 Å². The number of methoxy groups -OCH3 is 1. The van der Waals surface area contributed by atoms with Crippen LogP contribution in [0.3, 0.4) is 0 Å². The van der Waals surface area contributed by atoms with Crippen molar-refractivity contribution in [3.8, 4) is 0 Å². The summed E-state index contributed by atoms with van der Waals surface area (Å²) in [6.07, 6.45) is -0.220. The fraction of sp³-hybridized carbons (Fsp3) is 0.412. The van der Waals surface area contributed by atoms with Crippen LogP contribution in [0.2, 0.25) is 5.02 Å². The van der Waals surface area contributed by atoms with Gasteiger partial charge in [-0.3, -0.25) is 9.59 Å². The Hall–Kier alpha value is -2.52. The van der Waals surface area contributed by atoms with Crippen molar-refractivity contribution in [2.24, 2.45) is 11.7 Å². The average Bonchev–Trinajstić information content (AvgIpc) is 3.25. The fourth-order valence-corrected chi connectivity index (χ4v) is 3.35. The van der Waals surface area contributed by atoms with E-state index in [1.165, 1.54) is 30.2 Å². The zero-order valence-corrected chi connectivity index (χ0v) is 15.3. The molecule has 144 valence electrons. The van der Waals surface area contributed by atoms with Gasteiger partial charge in [-0.25, -0.2) is 4.39 Å². The number of nitrogens with zero attached hydrogens (tertiary/aromatic N) is 3. The first-order chi connectivity index (χ1) is 12.9. The summed E-state index contributed by atoms with van der Waals surface area (Å²) in [5.41, 5.74) is 5.60. The number of primary amides is 1. The number of hydrogen-bond donors (Lipinski definition) is 1. The van der Waals surface area contributed by atoms with Gasteiger partial charge in [0.1, 0.15) is 12.4 Å². The van der Waals surface area contributed by atoms with Crippen LogP contribution in [-0.4, -0.2) is 47.1 Å². The van der Waals surface area contributed by atoms with Gasteiger partial charge in [0, 0.05) is 30.8 Å². The summed E-state index contributed by atoms with van der Waals surface area (Å²) in [7, 11) is 1.49. The van der Waals surface area contributed by atoms with Crippen molar-refractivity contribution >= 4 is 23.4 Å². The van der Waals surface area contributed by atoms with Gasteiger partial charge in [0.05, 0.1) is 18.3 Å². The number of benzene rings is 1. The van der Waals surface area contributed by atoms with Gasteiger partial charge < -0.3 is 19.9 Å². The standard InChI is InChI=1S/C17H18ClFN4O4/c1-26-8-14-21-17(27-22-14)11-7-23(6-10(11)16(20)25)15(24)5-9-12(18)3-2-4-13(9)19/h2-4,10-11H,5-8H2,1H3,(H2,20,25)/t10-,11-/m1/s1. The molecule has 1 saturated heterocycles. The summed E-state index contributed by atoms with van der Waals surface area (Å²) in [4.78, 5) is 30.1. The first-order valence-corrected chi connectivity index (χ1v) is 8.60. The Labute approximate surface area is 159 Å². The highest BCUT2D eigenvalue weighted by atomic mass is 35.5. The molecule has 0 spiro atoms. The third kappa shape index (κ3) is 4.09. The van der Waals surface area contributed by atoms with Gasteiger partial charge in [0.25, 0.3) is 0 Å². The molecule has 0 saturated carbocycles. The average molecular weight is 397 g/mol. The van der Waals surface area contributed by atoms with E-state index >= 15 is 0 Å². The topological polar surface area (TPSA) is 112 Å². The van der Waals surface area contributed by atoms with E-state index in [0.717, 1.165) is 0 Å². The molecule has 0 bridgehead atoms. The van der Waals surface area contributed by atoms with Crippen molar-refractivity contribution in [3.63, 3.8) is 0 Å². The van der Waals surface area contributed by atoms with Gasteiger partial charge in [-0.15, -0.1) is 0 Å². The Morgan fingerprint density at radius 1 is 1.44 bits per heavy atom. The van der Waals surface area contributed by atoms with Crippen LogP contribution in [-0.2, 0) is 27.4 Å². The predicted molar refractivity (Wildman–Crippen MR) is 92.1 cm³/mol. The van der Waals surface area contributed by atoms with E-state index in [1.807, 2.05) is 0 Å². The van der Waals surface area contributed by atoms with Gasteiger partial charge in [0.2, 0.25) is 17.7 Å². The molecule has 0 radical (unpaired) electrons. The largest absolute Gasteiger partial charge is 0.377 e. The number of likely N-dealkylation sites (tertiary alicyclic amines) is 1. The van der Waals surface area contributed by atoms with Gasteiger partial charge in [-0.2, -0.15) is 4.98 Å². The minimum atomic E-state index is -0.680. The number of amides is 2. The number of ether oxygens (including phenoxy) is 1. The highest BCUT2D eigenvalue weighted by molar-refractivity contribution is 6.31. The molecule has 27 heavy (non-hydrogen) atoms. The highest BCUT2D eigenvalue weighted by Gasteiger charge is 2.42. The SMILES string of the molecule is COCc1noc([C@@H]2CN(C(=O)Cc3c(F)cccc3Cl)C[C@H]2C(N)=O)n1. The molecule has 8 nitrogen and oxygen atoms in total. The summed E-state index contributed by atoms with van der Waals surface area (Å²) >= 11 is 5.99. The molecule has 2 N–H and O–H groups in total. The van der Waals surface area contributed by atoms with E-state index in [0.29, 0.717) is 5.82 Å². The van der Waals surface area contributed by atoms with E-state index in [2.05, 4.69) is 10.1 Å². The lowest BCUT2D eigenvalue weighted by Gasteiger charge is -2.16. The van der Waals surface area contributed by atoms with Crippen molar-refractivity contribution in [2.45, 2.75) is 18.9 Å². The molecule has 2 atom stereocenters. The Kier molecular flexibility index (Phi) is 5.71. The fourth-order valence-electron chi connectivity index (χ4n) is 3.12. The molecule has 1 aromatic heterocycles. The summed E-state index contributed by atoms with van der Waals surface area (Å²) < 4.78 is 24.1. The van der Waals surface area contributed by atoms with Crippen LogP contribution in [0.4, 0.5) is 4.39 Å². The lowest BCUT2D eigenvalue weighted by Crippen LogP contribution is -2.33. The maximum absolute atomic E-state index is 13.9. The number of carbonyl (C=O) groups is 2. The third-order valence-electron chi connectivity index (χ3n) is 4.50. The van der Waals surface area contributed by atoms with Crippen LogP contribution >= 0.6 is 11.6 Å². The summed E-state index contributed by atoms with van der Waals surface area (Å²) in [5.74, 6) is -2.16. The van der Waals surface area contributed by atoms with Gasteiger partial charge >= 0.3 is 0 Å². The molecule has 1 aromatic carbocycles. The Balaban J connectivity index is 1.77. The molecular formula is C17H18ClFN4O4. The molecule has 1 aliphatic rings. The predicted octanol–water partition coefficient (Wildman–Crippen LogP) is 1.28. The van der Waals surface area contributed by atoms with Crippen LogP contribution in [0, 0.1) is 11.7 Å². The third-order valence-corrected chi connectivity index (χ3v) is 4.86. The molecule has 1 aliphatic heterocycles. The summed E-state index contributed by atoms with van der Waals surface area (Å²) in [6.45, 7) is 0.409. The van der Waals surface area contributed by atoms with Gasteiger partial charge in [-0.05, 0) is 12.1 Å². The molecule has 0 aliphatic carbocycles. The van der Waals surface area contributed by atoms with Crippen molar-refractivity contribution in [3.05, 3.63) is 46.3 Å². The number of halogens is 2. The first kappa shape index (κ1) is 19.2. The van der Waals surface area contributed by atoms with E-state index in [9.17, 15) is 14.0 Å². The molecule has 10 heteroatoms. The van der Waals surface area contributed by atoms with Gasteiger partial charge in [-0.1, -0.05) is 22.8 Å². The molecule has 2 amide bonds. The molecule has 2 heterocycles. The van der Waals surface area contributed by atoms with E-state index in [1.54, 1.807) is 0 Å². The normalized spacial score (nSPS) is 19.4. The van der Waals surface area contributed by atoms with E-state index in [-0.39, 0.29) is 48.5 Å². The van der Waals surface area contributed by atoms with Crippen molar-refractivity contribution < 1.29 is 23.2 Å². The molecule has 0 unspecified atom stereocenters. The smallest absolute Gasteiger partial charge is 0.232 e. The van der Waals surface area contributed by atoms with Crippen LogP contribution in [0.1, 0.15) is 23.2 Å². The van der Waals surface area contributed by atoms with Crippen LogP contribution in [0.25, 0.3) is 0 Å². The Morgan fingerprint density at radius 2 is 2.22 bits per heavy atom. The molecule has 1 fully saturated rings. The lowest BCUT2D eigenvalue weighted by atomic mass is 9.95. The van der Waals surface area contributed by atoms with Crippen LogP contribution < -0.4 is 5.73 Å². The Morgan fingerprint density at radius 3 is 2.89 bits per heavy atom. The zero-order chi connectivity index (χ0) is 19.6. The van der Waals surface area contributed by atoms with Crippen molar-refractivity contribution in [1.82, 2.24) is 15.0 Å². The number of rotatable bonds is 6. The first-order valence-electron chi connectivity index (χ1n) is 8.22. The number of nitrogens with two attached hydrogens (primary N) is 1. The summed E-state index contributed by atoms with van der Waals surface area (Å²) in [5, 5.41) is 3.94. The highest BCUT2D eigenvalue weighted by Crippen LogP contribution is 2.32. The van der Waals surface area contributed by atoms with E-state index < -0.39 is 23.6 Å². The van der Waals surface area contributed by atoms with Crippen molar-refractivity contribution in [1.29, 1.82) is 0 Å². The minimum absolute atomic E-state index is 0.0902. The molecule has 3 rings (SSSR count). The zero-order valence-electron chi connectivity index (χ0n) is 14.5. The lowest BCUT2D eigenvalue weighted by molar-refractivity contribution is -0.129. The second kappa shape index (κ2) is 8.01. The number of hydrogen-bond acceptors (Lipinski definition) is 6. The monoisotopic (exact) mass is 396 g/mol. The van der Waals surface area contributed by atoms with Crippen LogP contribution in [0.15, 0.2) is 22.7 Å². The minimum Gasteiger partial charge on any atom is -0.377 e. The number of carbonyl (C=O) groups excluding carboxylic acids is 2. The Bertz CT molecular complexity index is 839. The van der Waals surface area contributed by atoms with Gasteiger partial charge in [0.15, 0.2) is 5.82 Å². The maximum atomic E-state index is 13.9. The quantitative estimate of drug-likeness (QED) is 0.787. The molecular weight excluding hydrogens is 379 g/mol. The molecule has 2 aromatic rings.